The number of hydrogen-bond donors (Lipinski definition) is 2. The van der Waals surface area contributed by atoms with Crippen LogP contribution in [-0.2, 0) is 6.42 Å². The number of carbonyl (C=O) groups is 1. The number of nitrogens with zero attached hydrogens (tertiary/aromatic N) is 3. The second-order valence-corrected chi connectivity index (χ2v) is 6.07. The fraction of sp³-hybridized carbons (Fsp3) is 0.333. The van der Waals surface area contributed by atoms with Gasteiger partial charge < -0.3 is 10.4 Å². The average molecular weight is 322 g/mol. The molecule has 0 aliphatic heterocycles. The number of hydrogen-bond acceptors (Lipinski definition) is 5. The number of carbonyl (C=O) groups excluding carboxylic acids is 1. The minimum atomic E-state index is -0.275. The Labute approximate surface area is 140 Å². The maximum atomic E-state index is 12.5. The summed E-state index contributed by atoms with van der Waals surface area (Å²) in [5, 5.41) is 21.4. The monoisotopic (exact) mass is 322 g/mol. The first-order chi connectivity index (χ1) is 11.7. The lowest BCUT2D eigenvalue weighted by molar-refractivity contribution is 0.0239. The molecule has 2 aromatic heterocycles. The second-order valence-electron chi connectivity index (χ2n) is 6.07. The molecule has 6 heteroatoms. The lowest BCUT2D eigenvalue weighted by Gasteiger charge is -2.38. The Morgan fingerprint density at radius 2 is 2.08 bits per heavy atom. The molecule has 24 heavy (non-hydrogen) atoms. The SMILES string of the molecule is N#Cc1ccc(C(=O)N[C@@H](Cc2ccncc2)C2CC(O)C2)cn1. The van der Waals surface area contributed by atoms with Gasteiger partial charge >= 0.3 is 0 Å². The van der Waals surface area contributed by atoms with Gasteiger partial charge in [0.05, 0.1) is 11.7 Å². The van der Waals surface area contributed by atoms with E-state index in [0.29, 0.717) is 24.8 Å². The van der Waals surface area contributed by atoms with E-state index >= 15 is 0 Å². The summed E-state index contributed by atoms with van der Waals surface area (Å²) in [6.45, 7) is 0. The predicted octanol–water partition coefficient (Wildman–Crippen LogP) is 1.46. The van der Waals surface area contributed by atoms with E-state index in [-0.39, 0.29) is 29.7 Å². The molecule has 2 heterocycles. The fourth-order valence-corrected chi connectivity index (χ4v) is 2.91. The van der Waals surface area contributed by atoms with Crippen molar-refractivity contribution in [3.8, 4) is 6.07 Å². The number of nitriles is 1. The number of aliphatic hydroxyl groups excluding tert-OH is 1. The van der Waals surface area contributed by atoms with Gasteiger partial charge in [-0.15, -0.1) is 0 Å². The van der Waals surface area contributed by atoms with Crippen molar-refractivity contribution in [3.63, 3.8) is 0 Å². The summed E-state index contributed by atoms with van der Waals surface area (Å²) in [6.07, 6.45) is 6.68. The van der Waals surface area contributed by atoms with Crippen LogP contribution in [0.3, 0.4) is 0 Å². The molecule has 1 amide bonds. The van der Waals surface area contributed by atoms with Crippen LogP contribution in [0.25, 0.3) is 0 Å². The van der Waals surface area contributed by atoms with Gasteiger partial charge in [-0.2, -0.15) is 5.26 Å². The van der Waals surface area contributed by atoms with Gasteiger partial charge in [-0.3, -0.25) is 9.78 Å². The molecular weight excluding hydrogens is 304 g/mol. The van der Waals surface area contributed by atoms with Crippen LogP contribution >= 0.6 is 0 Å². The van der Waals surface area contributed by atoms with Crippen LogP contribution in [0.1, 0.15) is 34.5 Å². The first kappa shape index (κ1) is 16.1. The van der Waals surface area contributed by atoms with Crippen molar-refractivity contribution in [1.29, 1.82) is 5.26 Å². The van der Waals surface area contributed by atoms with Crippen molar-refractivity contribution in [1.82, 2.24) is 15.3 Å². The summed E-state index contributed by atoms with van der Waals surface area (Å²) in [4.78, 5) is 20.4. The summed E-state index contributed by atoms with van der Waals surface area (Å²) >= 11 is 0. The van der Waals surface area contributed by atoms with Crippen LogP contribution in [0.2, 0.25) is 0 Å². The molecule has 0 unspecified atom stereocenters. The van der Waals surface area contributed by atoms with Gasteiger partial charge in [-0.1, -0.05) is 0 Å². The number of aromatic nitrogens is 2. The highest BCUT2D eigenvalue weighted by Crippen LogP contribution is 2.31. The molecule has 3 rings (SSSR count). The van der Waals surface area contributed by atoms with Crippen LogP contribution in [0, 0.1) is 17.2 Å². The van der Waals surface area contributed by atoms with Gasteiger partial charge in [0.25, 0.3) is 5.91 Å². The van der Waals surface area contributed by atoms with E-state index in [9.17, 15) is 9.90 Å². The Balaban J connectivity index is 1.70. The number of rotatable bonds is 5. The molecule has 0 aromatic carbocycles. The van der Waals surface area contributed by atoms with E-state index in [1.54, 1.807) is 18.5 Å². The standard InChI is InChI=1S/C18H18N4O2/c19-10-15-2-1-13(11-21-15)18(24)22-17(14-8-16(23)9-14)7-12-3-5-20-6-4-12/h1-6,11,14,16-17,23H,7-9H2,(H,22,24)/t14?,16?,17-/m0/s1. The summed E-state index contributed by atoms with van der Waals surface area (Å²) in [5.41, 5.74) is 1.80. The fourth-order valence-electron chi connectivity index (χ4n) is 2.91. The zero-order valence-corrected chi connectivity index (χ0v) is 13.1. The van der Waals surface area contributed by atoms with Crippen LogP contribution in [0.4, 0.5) is 0 Å². The highest BCUT2D eigenvalue weighted by atomic mass is 16.3. The maximum Gasteiger partial charge on any atom is 0.253 e. The van der Waals surface area contributed by atoms with E-state index in [1.807, 2.05) is 18.2 Å². The molecule has 122 valence electrons. The van der Waals surface area contributed by atoms with E-state index in [4.69, 9.17) is 5.26 Å². The molecule has 2 N–H and O–H groups in total. The zero-order chi connectivity index (χ0) is 16.9. The molecule has 1 atom stereocenters. The van der Waals surface area contributed by atoms with Crippen LogP contribution in [0.5, 0.6) is 0 Å². The van der Waals surface area contributed by atoms with E-state index < -0.39 is 0 Å². The number of amides is 1. The van der Waals surface area contributed by atoms with E-state index in [1.165, 1.54) is 12.3 Å². The van der Waals surface area contributed by atoms with Crippen LogP contribution in [-0.4, -0.2) is 33.1 Å². The van der Waals surface area contributed by atoms with E-state index in [0.717, 1.165) is 5.56 Å². The molecule has 0 radical (unpaired) electrons. The van der Waals surface area contributed by atoms with E-state index in [2.05, 4.69) is 15.3 Å². The molecule has 0 spiro atoms. The van der Waals surface area contributed by atoms with Crippen molar-refractivity contribution >= 4 is 5.91 Å². The Morgan fingerprint density at radius 1 is 1.33 bits per heavy atom. The molecule has 2 aromatic rings. The number of nitrogens with one attached hydrogen (secondary N) is 1. The Hall–Kier alpha value is -2.78. The van der Waals surface area contributed by atoms with Crippen molar-refractivity contribution in [2.24, 2.45) is 5.92 Å². The highest BCUT2D eigenvalue weighted by molar-refractivity contribution is 5.94. The molecule has 1 saturated carbocycles. The topological polar surface area (TPSA) is 98.9 Å². The van der Waals surface area contributed by atoms with Crippen molar-refractivity contribution in [3.05, 3.63) is 59.7 Å². The lowest BCUT2D eigenvalue weighted by atomic mass is 9.75. The highest BCUT2D eigenvalue weighted by Gasteiger charge is 2.34. The normalized spacial score (nSPS) is 20.5. The van der Waals surface area contributed by atoms with Crippen molar-refractivity contribution in [2.45, 2.75) is 31.4 Å². The van der Waals surface area contributed by atoms with Crippen LogP contribution < -0.4 is 5.32 Å². The molecule has 0 bridgehead atoms. The molecule has 6 nitrogen and oxygen atoms in total. The van der Waals surface area contributed by atoms with Gasteiger partial charge in [0, 0.05) is 24.6 Å². The quantitative estimate of drug-likeness (QED) is 0.868. The van der Waals surface area contributed by atoms with Gasteiger partial charge in [0.1, 0.15) is 11.8 Å². The zero-order valence-electron chi connectivity index (χ0n) is 13.1. The minimum absolute atomic E-state index is 0.0565. The van der Waals surface area contributed by atoms with Gasteiger partial charge in [-0.25, -0.2) is 4.98 Å². The molecule has 1 fully saturated rings. The van der Waals surface area contributed by atoms with Crippen molar-refractivity contribution < 1.29 is 9.90 Å². The van der Waals surface area contributed by atoms with Crippen molar-refractivity contribution in [2.75, 3.05) is 0 Å². The summed E-state index contributed by atoms with van der Waals surface area (Å²) in [6, 6.07) is 8.86. The maximum absolute atomic E-state index is 12.5. The third kappa shape index (κ3) is 3.76. The average Bonchev–Trinajstić information content (AvgIpc) is 2.59. The Bertz CT molecular complexity index is 734. The molecular formula is C18H18N4O2. The third-order valence-electron chi connectivity index (χ3n) is 4.38. The number of aliphatic hydroxyl groups is 1. The summed E-state index contributed by atoms with van der Waals surface area (Å²) < 4.78 is 0. The molecule has 1 aliphatic carbocycles. The molecule has 0 saturated heterocycles. The first-order valence-corrected chi connectivity index (χ1v) is 7.89. The third-order valence-corrected chi connectivity index (χ3v) is 4.38. The largest absolute Gasteiger partial charge is 0.393 e. The summed E-state index contributed by atoms with van der Waals surface area (Å²) in [5.74, 6) is 0.0379. The Kier molecular flexibility index (Phi) is 4.82. The lowest BCUT2D eigenvalue weighted by Crippen LogP contribution is -2.48. The van der Waals surface area contributed by atoms with Gasteiger partial charge in [0.15, 0.2) is 0 Å². The number of pyridine rings is 2. The smallest absolute Gasteiger partial charge is 0.253 e. The van der Waals surface area contributed by atoms with Gasteiger partial charge in [-0.05, 0) is 55.0 Å². The summed E-state index contributed by atoms with van der Waals surface area (Å²) in [7, 11) is 0. The first-order valence-electron chi connectivity index (χ1n) is 7.89. The molecule has 1 aliphatic rings. The van der Waals surface area contributed by atoms with Gasteiger partial charge in [0.2, 0.25) is 0 Å². The minimum Gasteiger partial charge on any atom is -0.393 e. The predicted molar refractivity (Wildman–Crippen MR) is 86.9 cm³/mol. The second kappa shape index (κ2) is 7.20. The van der Waals surface area contributed by atoms with Crippen LogP contribution in [0.15, 0.2) is 42.9 Å². The Morgan fingerprint density at radius 3 is 2.67 bits per heavy atom.